The van der Waals surface area contributed by atoms with Crippen molar-refractivity contribution >= 4 is 6.08 Å². The van der Waals surface area contributed by atoms with Crippen molar-refractivity contribution < 1.29 is 4.92 Å². The first-order chi connectivity index (χ1) is 6.70. The zero-order chi connectivity index (χ0) is 10.4. The third-order valence-corrected chi connectivity index (χ3v) is 1.71. The maximum atomic E-state index is 10.2. The minimum atomic E-state index is -0.407. The Balaban J connectivity index is 2.66. The molecule has 0 spiro atoms. The number of allylic oxidation sites excluding steroid dienone is 3. The molecule has 72 valence electrons. The summed E-state index contributed by atoms with van der Waals surface area (Å²) in [4.78, 5) is 9.84. The Morgan fingerprint density at radius 2 is 2.00 bits per heavy atom. The minimum absolute atomic E-state index is 0.136. The number of rotatable bonds is 3. The molecular weight excluding hydrogens is 178 g/mol. The highest BCUT2D eigenvalue weighted by atomic mass is 16.6. The van der Waals surface area contributed by atoms with Crippen LogP contribution in [0.2, 0.25) is 0 Å². The second kappa shape index (κ2) is 4.97. The van der Waals surface area contributed by atoms with E-state index in [1.165, 1.54) is 13.0 Å². The van der Waals surface area contributed by atoms with E-state index >= 15 is 0 Å². The van der Waals surface area contributed by atoms with Crippen LogP contribution in [0.15, 0.2) is 48.2 Å². The highest BCUT2D eigenvalue weighted by Gasteiger charge is 1.96. The Bertz CT molecular complexity index is 366. The fourth-order valence-electron chi connectivity index (χ4n) is 0.923. The van der Waals surface area contributed by atoms with Gasteiger partial charge in [0.25, 0.3) is 0 Å². The number of nitro groups is 1. The van der Waals surface area contributed by atoms with Gasteiger partial charge in [-0.1, -0.05) is 42.5 Å². The van der Waals surface area contributed by atoms with Gasteiger partial charge in [-0.15, -0.1) is 0 Å². The number of hydrogen-bond acceptors (Lipinski definition) is 2. The molecule has 1 aromatic rings. The van der Waals surface area contributed by atoms with E-state index in [-0.39, 0.29) is 5.70 Å². The zero-order valence-electron chi connectivity index (χ0n) is 7.88. The van der Waals surface area contributed by atoms with Crippen molar-refractivity contribution in [2.75, 3.05) is 0 Å². The van der Waals surface area contributed by atoms with Gasteiger partial charge in [-0.25, -0.2) is 0 Å². The van der Waals surface area contributed by atoms with Crippen LogP contribution in [0.1, 0.15) is 12.5 Å². The summed E-state index contributed by atoms with van der Waals surface area (Å²) >= 11 is 0. The van der Waals surface area contributed by atoms with Gasteiger partial charge in [0.1, 0.15) is 0 Å². The maximum Gasteiger partial charge on any atom is 0.243 e. The van der Waals surface area contributed by atoms with Gasteiger partial charge >= 0.3 is 0 Å². The van der Waals surface area contributed by atoms with Gasteiger partial charge in [0.15, 0.2) is 0 Å². The van der Waals surface area contributed by atoms with Crippen molar-refractivity contribution in [3.63, 3.8) is 0 Å². The van der Waals surface area contributed by atoms with Crippen molar-refractivity contribution in [1.82, 2.24) is 0 Å². The molecule has 1 aromatic carbocycles. The van der Waals surface area contributed by atoms with Gasteiger partial charge in [0.05, 0.1) is 4.92 Å². The summed E-state index contributed by atoms with van der Waals surface area (Å²) in [7, 11) is 0. The molecule has 0 amide bonds. The Kier molecular flexibility index (Phi) is 3.61. The lowest BCUT2D eigenvalue weighted by molar-refractivity contribution is -0.424. The molecule has 0 atom stereocenters. The normalized spacial score (nSPS) is 11.9. The molecule has 0 unspecified atom stereocenters. The summed E-state index contributed by atoms with van der Waals surface area (Å²) in [6.45, 7) is 1.47. The van der Waals surface area contributed by atoms with Gasteiger partial charge in [-0.2, -0.15) is 0 Å². The molecule has 14 heavy (non-hydrogen) atoms. The van der Waals surface area contributed by atoms with Crippen molar-refractivity contribution in [3.8, 4) is 0 Å². The van der Waals surface area contributed by atoms with Crippen molar-refractivity contribution in [2.45, 2.75) is 6.92 Å². The van der Waals surface area contributed by atoms with Crippen molar-refractivity contribution in [1.29, 1.82) is 0 Å². The third kappa shape index (κ3) is 3.23. The lowest BCUT2D eigenvalue weighted by Crippen LogP contribution is -1.91. The third-order valence-electron chi connectivity index (χ3n) is 1.71. The van der Waals surface area contributed by atoms with Crippen LogP contribution < -0.4 is 0 Å². The van der Waals surface area contributed by atoms with Gasteiger partial charge in [-0.05, 0) is 5.56 Å². The molecule has 3 heteroatoms. The van der Waals surface area contributed by atoms with E-state index in [2.05, 4.69) is 0 Å². The summed E-state index contributed by atoms with van der Waals surface area (Å²) in [6, 6.07) is 9.64. The molecule has 0 fully saturated rings. The Morgan fingerprint density at radius 1 is 1.36 bits per heavy atom. The summed E-state index contributed by atoms with van der Waals surface area (Å²) in [5.41, 5.74) is 1.16. The summed E-state index contributed by atoms with van der Waals surface area (Å²) < 4.78 is 0. The molecule has 0 aliphatic carbocycles. The fraction of sp³-hybridized carbons (Fsp3) is 0.0909. The standard InChI is InChI=1S/C11H11NO2/c1-10(12(13)14)6-5-9-11-7-3-2-4-8-11/h2-9H,1H3. The van der Waals surface area contributed by atoms with E-state index in [0.29, 0.717) is 0 Å². The molecule has 1 rings (SSSR count). The van der Waals surface area contributed by atoms with Gasteiger partial charge in [-0.3, -0.25) is 10.1 Å². The molecule has 0 saturated carbocycles. The van der Waals surface area contributed by atoms with Gasteiger partial charge in [0, 0.05) is 13.0 Å². The SMILES string of the molecule is CC(=CC=Cc1ccccc1)[N+](=O)[O-]. The molecule has 0 aliphatic heterocycles. The molecule has 0 N–H and O–H groups in total. The van der Waals surface area contributed by atoms with E-state index in [1.807, 2.05) is 36.4 Å². The van der Waals surface area contributed by atoms with Crippen LogP contribution in [-0.2, 0) is 0 Å². The van der Waals surface area contributed by atoms with Crippen LogP contribution in [0, 0.1) is 10.1 Å². The lowest BCUT2D eigenvalue weighted by Gasteiger charge is -1.89. The molecule has 0 radical (unpaired) electrons. The molecule has 3 nitrogen and oxygen atoms in total. The highest BCUT2D eigenvalue weighted by molar-refractivity contribution is 5.50. The smallest absolute Gasteiger partial charge is 0.243 e. The topological polar surface area (TPSA) is 43.1 Å². The minimum Gasteiger partial charge on any atom is -0.259 e. The van der Waals surface area contributed by atoms with E-state index in [9.17, 15) is 10.1 Å². The molecular formula is C11H11NO2. The summed E-state index contributed by atoms with van der Waals surface area (Å²) in [5, 5.41) is 10.2. The number of nitrogens with zero attached hydrogens (tertiary/aromatic N) is 1. The number of hydrogen-bond donors (Lipinski definition) is 0. The van der Waals surface area contributed by atoms with Crippen LogP contribution in [-0.4, -0.2) is 4.92 Å². The lowest BCUT2D eigenvalue weighted by atomic mass is 10.2. The molecule has 0 aromatic heterocycles. The Morgan fingerprint density at radius 3 is 2.57 bits per heavy atom. The second-order valence-electron chi connectivity index (χ2n) is 2.83. The van der Waals surface area contributed by atoms with Crippen molar-refractivity contribution in [3.05, 3.63) is 63.9 Å². The largest absolute Gasteiger partial charge is 0.259 e. The highest BCUT2D eigenvalue weighted by Crippen LogP contribution is 2.02. The first kappa shape index (κ1) is 10.2. The van der Waals surface area contributed by atoms with Crippen LogP contribution in [0.4, 0.5) is 0 Å². The average Bonchev–Trinajstić information content (AvgIpc) is 2.19. The predicted molar refractivity (Wildman–Crippen MR) is 56.2 cm³/mol. The zero-order valence-corrected chi connectivity index (χ0v) is 7.88. The Hall–Kier alpha value is -1.90. The van der Waals surface area contributed by atoms with E-state index in [0.717, 1.165) is 5.56 Å². The second-order valence-corrected chi connectivity index (χ2v) is 2.83. The fourth-order valence-corrected chi connectivity index (χ4v) is 0.923. The van der Waals surface area contributed by atoms with Crippen LogP contribution >= 0.6 is 0 Å². The van der Waals surface area contributed by atoms with E-state index in [4.69, 9.17) is 0 Å². The maximum absolute atomic E-state index is 10.2. The molecule has 0 heterocycles. The van der Waals surface area contributed by atoms with Gasteiger partial charge in [0.2, 0.25) is 5.70 Å². The van der Waals surface area contributed by atoms with Crippen LogP contribution in [0.25, 0.3) is 6.08 Å². The first-order valence-electron chi connectivity index (χ1n) is 4.24. The van der Waals surface area contributed by atoms with Crippen molar-refractivity contribution in [2.24, 2.45) is 0 Å². The first-order valence-corrected chi connectivity index (χ1v) is 4.24. The molecule has 0 aliphatic rings. The van der Waals surface area contributed by atoms with Crippen LogP contribution in [0.3, 0.4) is 0 Å². The Labute approximate surface area is 82.5 Å². The summed E-state index contributed by atoms with van der Waals surface area (Å²) in [5.74, 6) is 0. The van der Waals surface area contributed by atoms with E-state index < -0.39 is 4.92 Å². The number of benzene rings is 1. The molecule has 0 saturated heterocycles. The van der Waals surface area contributed by atoms with Gasteiger partial charge < -0.3 is 0 Å². The quantitative estimate of drug-likeness (QED) is 0.417. The average molecular weight is 189 g/mol. The van der Waals surface area contributed by atoms with Crippen LogP contribution in [0.5, 0.6) is 0 Å². The van der Waals surface area contributed by atoms with E-state index in [1.54, 1.807) is 6.08 Å². The summed E-state index contributed by atoms with van der Waals surface area (Å²) in [6.07, 6.45) is 4.98. The molecule has 0 bridgehead atoms. The predicted octanol–water partition coefficient (Wildman–Crippen LogP) is 2.88. The monoisotopic (exact) mass is 189 g/mol.